The van der Waals surface area contributed by atoms with Crippen LogP contribution in [0.25, 0.3) is 22.4 Å². The van der Waals surface area contributed by atoms with Gasteiger partial charge < -0.3 is 19.1 Å². The minimum absolute atomic E-state index is 0.0989. The number of ether oxygens (including phenoxy) is 1. The van der Waals surface area contributed by atoms with Gasteiger partial charge in [0.2, 0.25) is 10.0 Å². The fraction of sp³-hybridized carbons (Fsp3) is 0.500. The Balaban J connectivity index is 1.67. The van der Waals surface area contributed by atoms with Gasteiger partial charge in [0, 0.05) is 50.9 Å². The van der Waals surface area contributed by atoms with Gasteiger partial charge in [-0.3, -0.25) is 14.9 Å². The molecule has 1 aromatic carbocycles. The van der Waals surface area contributed by atoms with Gasteiger partial charge in [-0.15, -0.1) is 0 Å². The molecule has 0 radical (unpaired) electrons. The fourth-order valence-corrected chi connectivity index (χ4v) is 6.21. The second-order valence-electron chi connectivity index (χ2n) is 9.55. The predicted molar refractivity (Wildman–Crippen MR) is 148 cm³/mol. The SMILES string of the molecule is C=[N+]([O-])OCCN1CCN(S(=O)(=O)c2ccc(OCCC)c(-c3nc4c(CCC)cn(C)c4c(=O)[nH]3)c2)CC1. The van der Waals surface area contributed by atoms with Crippen molar-refractivity contribution in [3.05, 3.63) is 45.5 Å². The van der Waals surface area contributed by atoms with Crippen molar-refractivity contribution in [1.82, 2.24) is 23.7 Å². The van der Waals surface area contributed by atoms with Crippen molar-refractivity contribution in [3.8, 4) is 17.1 Å². The monoisotopic (exact) mass is 560 g/mol. The molecular weight excluding hydrogens is 524 g/mol. The van der Waals surface area contributed by atoms with E-state index in [0.29, 0.717) is 61.7 Å². The zero-order chi connectivity index (χ0) is 28.2. The third-order valence-electron chi connectivity index (χ3n) is 6.70. The Bertz CT molecular complexity index is 1490. The first-order chi connectivity index (χ1) is 18.6. The first-order valence-electron chi connectivity index (χ1n) is 13.1. The Hall–Kier alpha value is -3.42. The number of nitrogens with one attached hydrogen (secondary N) is 1. The molecule has 2 aromatic heterocycles. The van der Waals surface area contributed by atoms with Crippen LogP contribution in [0.3, 0.4) is 0 Å². The van der Waals surface area contributed by atoms with Crippen LogP contribution in [0.15, 0.2) is 34.1 Å². The number of aryl methyl sites for hydroxylation is 2. The van der Waals surface area contributed by atoms with E-state index in [-0.39, 0.29) is 27.8 Å². The summed E-state index contributed by atoms with van der Waals surface area (Å²) in [6, 6.07) is 4.69. The lowest BCUT2D eigenvalue weighted by molar-refractivity contribution is -0.735. The Morgan fingerprint density at radius 1 is 1.15 bits per heavy atom. The molecule has 39 heavy (non-hydrogen) atoms. The number of nitrogens with zero attached hydrogens (tertiary/aromatic N) is 5. The van der Waals surface area contributed by atoms with Crippen LogP contribution in [0, 0.1) is 5.21 Å². The van der Waals surface area contributed by atoms with Crippen molar-refractivity contribution < 1.29 is 22.9 Å². The molecule has 0 unspecified atom stereocenters. The molecule has 1 aliphatic rings. The van der Waals surface area contributed by atoms with Crippen LogP contribution < -0.4 is 10.3 Å². The molecule has 12 nitrogen and oxygen atoms in total. The zero-order valence-corrected chi connectivity index (χ0v) is 23.5. The number of fused-ring (bicyclic) bond motifs is 1. The molecule has 0 aliphatic carbocycles. The summed E-state index contributed by atoms with van der Waals surface area (Å²) in [6.07, 6.45) is 4.34. The second kappa shape index (κ2) is 12.2. The summed E-state index contributed by atoms with van der Waals surface area (Å²) in [4.78, 5) is 27.8. The number of aromatic amines is 1. The molecule has 3 heterocycles. The van der Waals surface area contributed by atoms with Crippen molar-refractivity contribution in [3.63, 3.8) is 0 Å². The lowest BCUT2D eigenvalue weighted by atomic mass is 10.1. The molecule has 1 fully saturated rings. The molecule has 212 valence electrons. The average molecular weight is 561 g/mol. The van der Waals surface area contributed by atoms with Crippen molar-refractivity contribution in [1.29, 1.82) is 0 Å². The highest BCUT2D eigenvalue weighted by Crippen LogP contribution is 2.32. The molecule has 13 heteroatoms. The molecule has 0 atom stereocenters. The van der Waals surface area contributed by atoms with Gasteiger partial charge in [-0.05, 0) is 36.6 Å². The quantitative estimate of drug-likeness (QED) is 0.202. The van der Waals surface area contributed by atoms with Crippen LogP contribution in [0.1, 0.15) is 32.3 Å². The number of benzene rings is 1. The van der Waals surface area contributed by atoms with Gasteiger partial charge in [0.05, 0.1) is 29.2 Å². The Morgan fingerprint density at radius 3 is 2.56 bits per heavy atom. The van der Waals surface area contributed by atoms with Gasteiger partial charge in [-0.25, -0.2) is 13.4 Å². The molecule has 0 saturated carbocycles. The van der Waals surface area contributed by atoms with E-state index >= 15 is 0 Å². The Morgan fingerprint density at radius 2 is 1.90 bits per heavy atom. The van der Waals surface area contributed by atoms with E-state index in [1.54, 1.807) is 10.6 Å². The fourth-order valence-electron chi connectivity index (χ4n) is 4.76. The minimum Gasteiger partial charge on any atom is -0.493 e. The third-order valence-corrected chi connectivity index (χ3v) is 8.59. The van der Waals surface area contributed by atoms with E-state index in [9.17, 15) is 18.4 Å². The topological polar surface area (TPSA) is 136 Å². The number of hydrogen-bond donors (Lipinski definition) is 1. The maximum atomic E-state index is 13.6. The normalized spacial score (nSPS) is 15.1. The van der Waals surface area contributed by atoms with E-state index < -0.39 is 10.0 Å². The van der Waals surface area contributed by atoms with Gasteiger partial charge in [0.25, 0.3) is 5.56 Å². The van der Waals surface area contributed by atoms with Gasteiger partial charge in [0.15, 0.2) is 6.72 Å². The number of H-pyrrole nitrogens is 1. The largest absolute Gasteiger partial charge is 0.493 e. The van der Waals surface area contributed by atoms with Crippen molar-refractivity contribution >= 4 is 27.8 Å². The van der Waals surface area contributed by atoms with Crippen LogP contribution in [0.2, 0.25) is 0 Å². The number of hydrogen-bond acceptors (Lipinski definition) is 8. The van der Waals surface area contributed by atoms with Crippen molar-refractivity contribution in [2.75, 3.05) is 45.9 Å². The summed E-state index contributed by atoms with van der Waals surface area (Å²) in [6.45, 7) is 9.85. The van der Waals surface area contributed by atoms with Crippen LogP contribution in [0.5, 0.6) is 5.75 Å². The molecular formula is C26H36N6O6S. The second-order valence-corrected chi connectivity index (χ2v) is 11.5. The van der Waals surface area contributed by atoms with E-state index in [4.69, 9.17) is 14.6 Å². The Kier molecular flexibility index (Phi) is 8.93. The summed E-state index contributed by atoms with van der Waals surface area (Å²) in [5, 5.41) is 10.8. The number of piperazine rings is 1. The van der Waals surface area contributed by atoms with Crippen molar-refractivity contribution in [2.24, 2.45) is 7.05 Å². The standard InChI is InChI=1S/C26H36N6O6S/c1-5-7-19-18-29(3)24-23(19)27-25(28-26(24)33)21-17-20(8-9-22(21)37-15-6-2)39(35,36)32-12-10-31(11-13-32)14-16-38-30(4)34/h8-9,17-18H,4-7,10-16H2,1-3H3,(H,27,28,33). The van der Waals surface area contributed by atoms with Crippen LogP contribution in [-0.2, 0) is 28.3 Å². The van der Waals surface area contributed by atoms with Gasteiger partial charge >= 0.3 is 0 Å². The van der Waals surface area contributed by atoms with Crippen LogP contribution in [-0.4, -0.2) is 89.7 Å². The van der Waals surface area contributed by atoms with Crippen LogP contribution in [0.4, 0.5) is 0 Å². The predicted octanol–water partition coefficient (Wildman–Crippen LogP) is 2.12. The number of rotatable bonds is 12. The summed E-state index contributed by atoms with van der Waals surface area (Å²) >= 11 is 0. The van der Waals surface area contributed by atoms with E-state index in [1.165, 1.54) is 16.4 Å². The minimum atomic E-state index is -3.82. The molecule has 1 N–H and O–H groups in total. The van der Waals surface area contributed by atoms with Gasteiger partial charge in [-0.1, -0.05) is 20.3 Å². The van der Waals surface area contributed by atoms with Gasteiger partial charge in [-0.2, -0.15) is 4.31 Å². The maximum Gasteiger partial charge on any atom is 0.275 e. The zero-order valence-electron chi connectivity index (χ0n) is 22.7. The molecule has 0 spiro atoms. The molecule has 0 amide bonds. The summed E-state index contributed by atoms with van der Waals surface area (Å²) in [5.74, 6) is 0.718. The average Bonchev–Trinajstić information content (AvgIpc) is 3.23. The molecule has 3 aromatic rings. The highest BCUT2D eigenvalue weighted by molar-refractivity contribution is 7.89. The van der Waals surface area contributed by atoms with E-state index in [2.05, 4.69) is 18.6 Å². The lowest BCUT2D eigenvalue weighted by Gasteiger charge is -2.34. The highest BCUT2D eigenvalue weighted by Gasteiger charge is 2.29. The smallest absolute Gasteiger partial charge is 0.275 e. The van der Waals surface area contributed by atoms with Crippen LogP contribution >= 0.6 is 0 Å². The number of aromatic nitrogens is 3. The van der Waals surface area contributed by atoms with E-state index in [0.717, 1.165) is 24.8 Å². The molecule has 4 rings (SSSR count). The summed E-state index contributed by atoms with van der Waals surface area (Å²) in [7, 11) is -2.01. The number of sulfonamides is 1. The summed E-state index contributed by atoms with van der Waals surface area (Å²) < 4.78 is 36.4. The highest BCUT2D eigenvalue weighted by atomic mass is 32.2. The summed E-state index contributed by atoms with van der Waals surface area (Å²) in [5.41, 5.74) is 2.16. The van der Waals surface area contributed by atoms with Gasteiger partial charge in [0.1, 0.15) is 17.1 Å². The van der Waals surface area contributed by atoms with Crippen molar-refractivity contribution in [2.45, 2.75) is 38.0 Å². The Labute approximate surface area is 228 Å². The molecule has 0 bridgehead atoms. The first kappa shape index (κ1) is 28.6. The maximum absolute atomic E-state index is 13.6. The molecule has 1 aliphatic heterocycles. The first-order valence-corrected chi connectivity index (χ1v) is 14.6. The lowest BCUT2D eigenvalue weighted by Crippen LogP contribution is -2.49. The van der Waals surface area contributed by atoms with E-state index in [1.807, 2.05) is 25.1 Å². The third kappa shape index (κ3) is 6.26. The molecule has 1 saturated heterocycles.